The van der Waals surface area contributed by atoms with Crippen LogP contribution in [0.3, 0.4) is 0 Å². The Morgan fingerprint density at radius 2 is 1.08 bits per heavy atom. The minimum atomic E-state index is -2.52. The number of aliphatic hydroxyl groups is 4. The minimum absolute atomic E-state index is 0.0308. The molecule has 2 aliphatic rings. The van der Waals surface area contributed by atoms with Crippen LogP contribution >= 0.6 is 23.5 Å². The maximum Gasteiger partial charge on any atom is 0.364 e. The number of carbonyl (C=O) groups is 7. The van der Waals surface area contributed by atoms with E-state index < -0.39 is 109 Å². The summed E-state index contributed by atoms with van der Waals surface area (Å²) >= 11 is 2.92. The standard InChI is InChI=1S/C51H65F2N5O17S2/c1-28-41(57-29(2)59)37(61)25-50(74-28,48(68)69)72-19-5-21-76-23-17-54-45(65)32-13-15-33(16-14-32)46(66)55-18-24-77-22-6-20-73-51(49(70)71)26-38(62)42(58-30(3)60)44(75-51)43(64)39(63)27-56-47(67)34-11-9-31(10-12-34)40-35(52)7-4-8-36(40)53/h4,7-16,28,37-39,41-44,61-64H,5-6,17-27H2,1-3H3,(H,54,65)(H,55,66)(H,56,67)(H,57,59)(H,58,60)(H,68,69)(H,70,71)/t28-,37-,38?,39+,41?,42?,43?,44+,50+,51+/m0/s1. The molecular weight excluding hydrogens is 1060 g/mol. The van der Waals surface area contributed by atoms with Crippen molar-refractivity contribution < 1.29 is 91.9 Å². The molecular formula is C51H65F2N5O17S2. The van der Waals surface area contributed by atoms with Crippen molar-refractivity contribution in [1.29, 1.82) is 0 Å². The van der Waals surface area contributed by atoms with E-state index in [9.17, 15) is 73.0 Å². The van der Waals surface area contributed by atoms with Gasteiger partial charge in [0.15, 0.2) is 0 Å². The average molecular weight is 1120 g/mol. The monoisotopic (exact) mass is 1120 g/mol. The molecule has 0 radical (unpaired) electrons. The highest BCUT2D eigenvalue weighted by atomic mass is 32.2. The molecule has 26 heteroatoms. The van der Waals surface area contributed by atoms with Crippen molar-refractivity contribution in [2.45, 2.75) is 107 Å². The first-order valence-electron chi connectivity index (χ1n) is 24.6. The quantitative estimate of drug-likeness (QED) is 0.0458. The third-order valence-corrected chi connectivity index (χ3v) is 14.5. The summed E-state index contributed by atoms with van der Waals surface area (Å²) in [6.07, 6.45) is -9.54. The van der Waals surface area contributed by atoms with E-state index in [2.05, 4.69) is 26.6 Å². The van der Waals surface area contributed by atoms with Crippen LogP contribution in [0, 0.1) is 11.6 Å². The molecule has 5 rings (SSSR count). The predicted octanol–water partition coefficient (Wildman–Crippen LogP) is 1.41. The van der Waals surface area contributed by atoms with E-state index in [1.807, 2.05) is 0 Å². The van der Waals surface area contributed by atoms with Crippen molar-refractivity contribution in [3.05, 3.63) is 95.1 Å². The molecule has 2 heterocycles. The minimum Gasteiger partial charge on any atom is -0.477 e. The lowest BCUT2D eigenvalue weighted by atomic mass is 9.88. The second-order valence-corrected chi connectivity index (χ2v) is 20.6. The summed E-state index contributed by atoms with van der Waals surface area (Å²) in [6.45, 7) is 3.75. The van der Waals surface area contributed by atoms with Crippen LogP contribution in [-0.4, -0.2) is 188 Å². The first-order chi connectivity index (χ1) is 36.6. The first-order valence-corrected chi connectivity index (χ1v) is 26.9. The molecule has 4 unspecified atom stereocenters. The van der Waals surface area contributed by atoms with Crippen LogP contribution in [0.15, 0.2) is 66.7 Å². The molecule has 3 aromatic rings. The fourth-order valence-electron chi connectivity index (χ4n) is 8.48. The Hall–Kier alpha value is -5.81. The Morgan fingerprint density at radius 1 is 0.649 bits per heavy atom. The van der Waals surface area contributed by atoms with Crippen molar-refractivity contribution in [3.63, 3.8) is 0 Å². The number of hydrogen-bond acceptors (Lipinski definition) is 17. The second kappa shape index (κ2) is 29.2. The van der Waals surface area contributed by atoms with Gasteiger partial charge in [0.1, 0.15) is 23.8 Å². The Labute approximate surface area is 450 Å². The van der Waals surface area contributed by atoms with Crippen LogP contribution in [-0.2, 0) is 38.1 Å². The SMILES string of the molecule is CC(=O)NC1C(O)C[C@](OCCCSCCNC(=O)c2ccc(C(=O)NCCSCCCO[C@]3(C(=O)O)C[C@H](O)C(NC(C)=O)[C@H](C)O3)cc2)(C(=O)O)O[C@H]1C(O)[C@H](O)CNC(=O)c1ccc(-c2c(F)cccc2F)cc1. The van der Waals surface area contributed by atoms with E-state index in [4.69, 9.17) is 18.9 Å². The van der Waals surface area contributed by atoms with Gasteiger partial charge in [-0.1, -0.05) is 18.2 Å². The summed E-state index contributed by atoms with van der Waals surface area (Å²) < 4.78 is 51.2. The largest absolute Gasteiger partial charge is 0.477 e. The van der Waals surface area contributed by atoms with Crippen molar-refractivity contribution >= 4 is 65.0 Å². The average Bonchev–Trinajstić information content (AvgIpc) is 3.40. The molecule has 2 saturated heterocycles. The number of aliphatic hydroxyl groups excluding tert-OH is 4. The third-order valence-electron chi connectivity index (χ3n) is 12.3. The fourth-order valence-corrected chi connectivity index (χ4v) is 10.0. The maximum atomic E-state index is 14.3. The van der Waals surface area contributed by atoms with Gasteiger partial charge in [0.2, 0.25) is 11.8 Å². The molecule has 22 nitrogen and oxygen atoms in total. The van der Waals surface area contributed by atoms with Crippen LogP contribution in [0.2, 0.25) is 0 Å². The summed E-state index contributed by atoms with van der Waals surface area (Å²) in [4.78, 5) is 86.7. The van der Waals surface area contributed by atoms with Crippen molar-refractivity contribution in [2.24, 2.45) is 0 Å². The second-order valence-electron chi connectivity index (χ2n) is 18.2. The zero-order valence-corrected chi connectivity index (χ0v) is 44.0. The molecule has 0 saturated carbocycles. The Kier molecular flexibility index (Phi) is 23.6. The molecule has 77 heavy (non-hydrogen) atoms. The number of nitrogens with one attached hydrogen (secondary N) is 5. The zero-order chi connectivity index (χ0) is 56.5. The number of amides is 5. The van der Waals surface area contributed by atoms with Gasteiger partial charge in [0.05, 0.1) is 55.3 Å². The number of ether oxygens (including phenoxy) is 4. The van der Waals surface area contributed by atoms with Crippen LogP contribution in [0.25, 0.3) is 11.1 Å². The van der Waals surface area contributed by atoms with Crippen molar-refractivity contribution in [2.75, 3.05) is 55.9 Å². The highest BCUT2D eigenvalue weighted by Crippen LogP contribution is 2.35. The smallest absolute Gasteiger partial charge is 0.364 e. The molecule has 10 atom stereocenters. The van der Waals surface area contributed by atoms with E-state index in [-0.39, 0.29) is 67.0 Å². The number of thioether (sulfide) groups is 2. The zero-order valence-electron chi connectivity index (χ0n) is 42.4. The molecule has 0 bridgehead atoms. The maximum absolute atomic E-state index is 14.3. The summed E-state index contributed by atoms with van der Waals surface area (Å²) in [5.41, 5.74) is 0.566. The van der Waals surface area contributed by atoms with Gasteiger partial charge in [-0.2, -0.15) is 23.5 Å². The Balaban J connectivity index is 0.981. The highest BCUT2D eigenvalue weighted by molar-refractivity contribution is 7.99. The molecule has 5 amide bonds. The molecule has 2 fully saturated rings. The van der Waals surface area contributed by atoms with Crippen molar-refractivity contribution in [1.82, 2.24) is 26.6 Å². The number of carboxylic acid groups (broad SMARTS) is 2. The lowest BCUT2D eigenvalue weighted by Crippen LogP contribution is -2.68. The number of carbonyl (C=O) groups excluding carboxylic acids is 5. The lowest BCUT2D eigenvalue weighted by molar-refractivity contribution is -0.310. The van der Waals surface area contributed by atoms with Crippen LogP contribution in [0.1, 0.15) is 77.5 Å². The van der Waals surface area contributed by atoms with Gasteiger partial charge in [0.25, 0.3) is 29.3 Å². The van der Waals surface area contributed by atoms with Crippen LogP contribution in [0.4, 0.5) is 8.78 Å². The molecule has 422 valence electrons. The van der Waals surface area contributed by atoms with Gasteiger partial charge < -0.3 is 76.2 Å². The molecule has 11 N–H and O–H groups in total. The van der Waals surface area contributed by atoms with E-state index >= 15 is 0 Å². The number of carboxylic acids is 2. The predicted molar refractivity (Wildman–Crippen MR) is 276 cm³/mol. The highest BCUT2D eigenvalue weighted by Gasteiger charge is 2.56. The number of halogens is 2. The number of benzene rings is 3. The first kappa shape index (κ1) is 62.0. The van der Waals surface area contributed by atoms with Gasteiger partial charge in [-0.05, 0) is 85.4 Å². The summed E-state index contributed by atoms with van der Waals surface area (Å²) in [6, 6.07) is 12.5. The summed E-state index contributed by atoms with van der Waals surface area (Å²) in [7, 11) is 0. The van der Waals surface area contributed by atoms with Crippen LogP contribution < -0.4 is 26.6 Å². The van der Waals surface area contributed by atoms with Crippen LogP contribution in [0.5, 0.6) is 0 Å². The van der Waals surface area contributed by atoms with E-state index in [1.165, 1.54) is 85.0 Å². The summed E-state index contributed by atoms with van der Waals surface area (Å²) in [5.74, 6) is -9.72. The number of rotatable bonds is 28. The van der Waals surface area contributed by atoms with E-state index in [0.717, 1.165) is 19.1 Å². The lowest BCUT2D eigenvalue weighted by Gasteiger charge is -2.46. The molecule has 0 aliphatic carbocycles. The van der Waals surface area contributed by atoms with Crippen molar-refractivity contribution in [3.8, 4) is 11.1 Å². The number of aliphatic carboxylic acids is 2. The van der Waals surface area contributed by atoms with E-state index in [1.54, 1.807) is 6.92 Å². The molecule has 0 spiro atoms. The molecule has 3 aromatic carbocycles. The van der Waals surface area contributed by atoms with Gasteiger partial charge >= 0.3 is 11.9 Å². The molecule has 2 aliphatic heterocycles. The van der Waals surface area contributed by atoms with E-state index in [0.29, 0.717) is 47.1 Å². The van der Waals surface area contributed by atoms with Gasteiger partial charge in [0, 0.05) is 74.5 Å². The Bertz CT molecular complexity index is 2480. The topological polar surface area (TPSA) is 338 Å². The van der Waals surface area contributed by atoms with Gasteiger partial charge in [-0.3, -0.25) is 24.0 Å². The molecule has 0 aromatic heterocycles. The van der Waals surface area contributed by atoms with Gasteiger partial charge in [-0.25, -0.2) is 18.4 Å². The Morgan fingerprint density at radius 3 is 1.53 bits per heavy atom. The van der Waals surface area contributed by atoms with Gasteiger partial charge in [-0.15, -0.1) is 0 Å². The summed E-state index contributed by atoms with van der Waals surface area (Å²) in [5, 5.41) is 76.8. The third kappa shape index (κ3) is 17.3. The normalized spacial score (nSPS) is 23.9. The number of hydrogen-bond donors (Lipinski definition) is 11. The fraction of sp³-hybridized carbons (Fsp3) is 0.510.